The number of benzene rings is 2. The van der Waals surface area contributed by atoms with Gasteiger partial charge in [0.1, 0.15) is 11.5 Å². The molecule has 0 aliphatic heterocycles. The van der Waals surface area contributed by atoms with Gasteiger partial charge in [-0.25, -0.2) is 0 Å². The van der Waals surface area contributed by atoms with Crippen molar-refractivity contribution in [1.82, 2.24) is 4.98 Å². The fourth-order valence-electron chi connectivity index (χ4n) is 6.32. The number of ether oxygens (including phenoxy) is 2. The Balaban J connectivity index is 1.45. The van der Waals surface area contributed by atoms with Crippen molar-refractivity contribution in [2.75, 3.05) is 25.7 Å². The highest BCUT2D eigenvalue weighted by Gasteiger charge is 2.50. The number of methoxy groups -OCH3 is 2. The molecule has 3 aliphatic carbocycles. The molecule has 0 radical (unpaired) electrons. The highest BCUT2D eigenvalue weighted by molar-refractivity contribution is 6.35. The maximum atomic E-state index is 14.0. The fraction of sp³-hybridized carbons (Fsp3) is 0.400. The molecule has 2 aromatic carbocycles. The molecule has 0 spiro atoms. The van der Waals surface area contributed by atoms with Gasteiger partial charge in [-0.3, -0.25) is 9.78 Å². The van der Waals surface area contributed by atoms with Crippen LogP contribution in [-0.2, 0) is 5.41 Å². The van der Waals surface area contributed by atoms with E-state index >= 15 is 0 Å². The Morgan fingerprint density at radius 1 is 0.919 bits per heavy atom. The normalized spacial score (nSPS) is 22.5. The van der Waals surface area contributed by atoms with Crippen LogP contribution in [0.1, 0.15) is 60.0 Å². The van der Waals surface area contributed by atoms with Gasteiger partial charge in [0.05, 0.1) is 26.0 Å². The summed E-state index contributed by atoms with van der Waals surface area (Å²) in [6.45, 7) is 2.72. The van der Waals surface area contributed by atoms with Crippen LogP contribution in [0.5, 0.6) is 11.5 Å². The molecule has 3 fully saturated rings. The van der Waals surface area contributed by atoms with E-state index in [1.54, 1.807) is 38.7 Å². The number of halogens is 2. The highest BCUT2D eigenvalue weighted by atomic mass is 35.5. The number of carbonyl (C=O) groups is 1. The van der Waals surface area contributed by atoms with Gasteiger partial charge in [0, 0.05) is 28.5 Å². The number of pyridine rings is 1. The van der Waals surface area contributed by atoms with Crippen LogP contribution < -0.4 is 14.4 Å². The number of amides is 1. The van der Waals surface area contributed by atoms with Gasteiger partial charge in [0.2, 0.25) is 0 Å². The van der Waals surface area contributed by atoms with Crippen molar-refractivity contribution < 1.29 is 14.3 Å². The van der Waals surface area contributed by atoms with E-state index in [4.69, 9.17) is 32.7 Å². The molecular formula is C30H32Cl2N2O3. The zero-order chi connectivity index (χ0) is 26.2. The first kappa shape index (κ1) is 25.9. The lowest BCUT2D eigenvalue weighted by atomic mass is 9.51. The molecule has 0 unspecified atom stereocenters. The summed E-state index contributed by atoms with van der Waals surface area (Å²) in [7, 11) is 3.27. The summed E-state index contributed by atoms with van der Waals surface area (Å²) in [5.74, 6) is 1.24. The van der Waals surface area contributed by atoms with Gasteiger partial charge in [0.25, 0.3) is 5.91 Å². The molecule has 3 aliphatic rings. The number of anilines is 1. The molecule has 1 aromatic heterocycles. The average molecular weight is 540 g/mol. The van der Waals surface area contributed by atoms with E-state index in [1.807, 2.05) is 17.0 Å². The van der Waals surface area contributed by atoms with Crippen molar-refractivity contribution in [3.63, 3.8) is 0 Å². The molecule has 0 atom stereocenters. The van der Waals surface area contributed by atoms with Crippen molar-refractivity contribution in [3.8, 4) is 11.5 Å². The number of carbonyl (C=O) groups excluding carboxylic acids is 1. The molecule has 37 heavy (non-hydrogen) atoms. The van der Waals surface area contributed by atoms with Gasteiger partial charge < -0.3 is 14.4 Å². The molecular weight excluding hydrogens is 507 g/mol. The summed E-state index contributed by atoms with van der Waals surface area (Å²) >= 11 is 12.8. The van der Waals surface area contributed by atoms with Gasteiger partial charge in [0.15, 0.2) is 0 Å². The van der Waals surface area contributed by atoms with Crippen LogP contribution in [-0.4, -0.2) is 31.7 Å². The second kappa shape index (κ2) is 10.2. The Hall–Kier alpha value is -2.76. The van der Waals surface area contributed by atoms with Crippen LogP contribution in [0.2, 0.25) is 10.0 Å². The largest absolute Gasteiger partial charge is 0.496 e. The second-order valence-electron chi connectivity index (χ2n) is 10.6. The van der Waals surface area contributed by atoms with E-state index in [-0.39, 0.29) is 16.7 Å². The lowest BCUT2D eigenvalue weighted by Gasteiger charge is -2.55. The van der Waals surface area contributed by atoms with Gasteiger partial charge in [-0.15, -0.1) is 0 Å². The molecule has 194 valence electrons. The number of nitrogens with zero attached hydrogens (tertiary/aromatic N) is 2. The summed E-state index contributed by atoms with van der Waals surface area (Å²) in [6.07, 6.45) is 9.68. The van der Waals surface area contributed by atoms with Gasteiger partial charge in [-0.05, 0) is 97.7 Å². The van der Waals surface area contributed by atoms with Crippen molar-refractivity contribution in [1.29, 1.82) is 0 Å². The third-order valence-electron chi connectivity index (χ3n) is 8.54. The Kier molecular flexibility index (Phi) is 7.12. The van der Waals surface area contributed by atoms with E-state index in [2.05, 4.69) is 30.1 Å². The Labute approximate surface area is 228 Å². The third kappa shape index (κ3) is 4.92. The minimum absolute atomic E-state index is 0.0357. The lowest BCUT2D eigenvalue weighted by Crippen LogP contribution is -2.50. The molecule has 1 heterocycles. The molecule has 1 amide bonds. The summed E-state index contributed by atoms with van der Waals surface area (Å²) in [4.78, 5) is 20.0. The zero-order valence-corrected chi connectivity index (χ0v) is 23.0. The number of rotatable bonds is 7. The number of fused-ring (bicyclic) bond motifs is 3. The molecule has 0 saturated heterocycles. The van der Waals surface area contributed by atoms with Crippen molar-refractivity contribution in [2.45, 2.75) is 50.9 Å². The van der Waals surface area contributed by atoms with Gasteiger partial charge in [-0.1, -0.05) is 35.3 Å². The topological polar surface area (TPSA) is 51.7 Å². The van der Waals surface area contributed by atoms with Crippen LogP contribution in [0.15, 0.2) is 54.9 Å². The van der Waals surface area contributed by atoms with E-state index in [9.17, 15) is 4.79 Å². The molecule has 7 heteroatoms. The number of aryl methyl sites for hydroxylation is 1. The predicted molar refractivity (Wildman–Crippen MR) is 148 cm³/mol. The van der Waals surface area contributed by atoms with Crippen LogP contribution in [0.3, 0.4) is 0 Å². The molecule has 2 bridgehead atoms. The zero-order valence-electron chi connectivity index (χ0n) is 21.5. The van der Waals surface area contributed by atoms with Gasteiger partial charge in [-0.2, -0.15) is 0 Å². The standard InChI is InChI=1S/C30H32Cl2N2O3/c1-20-14-21(4-5-26(20)36-2)30-10-7-29(8-11-30,9-12-30)19-34(24-16-22(31)15-23(32)17-24)28(35)25-6-13-33-18-27(25)37-3/h4-6,13-18H,7-12,19H2,1-3H3. The Morgan fingerprint density at radius 2 is 1.57 bits per heavy atom. The van der Waals surface area contributed by atoms with E-state index in [0.29, 0.717) is 33.6 Å². The first-order valence-electron chi connectivity index (χ1n) is 12.7. The van der Waals surface area contributed by atoms with Crippen LogP contribution in [0.4, 0.5) is 5.69 Å². The van der Waals surface area contributed by atoms with Gasteiger partial charge >= 0.3 is 0 Å². The SMILES string of the molecule is COc1ccc(C23CCC(CN(C(=O)c4ccncc4OC)c4cc(Cl)cc(Cl)c4)(CC2)CC3)cc1C. The minimum atomic E-state index is -0.139. The summed E-state index contributed by atoms with van der Waals surface area (Å²) in [5, 5.41) is 1.00. The predicted octanol–water partition coefficient (Wildman–Crippen LogP) is 7.65. The van der Waals surface area contributed by atoms with Crippen LogP contribution in [0, 0.1) is 12.3 Å². The van der Waals surface area contributed by atoms with Crippen molar-refractivity contribution in [2.24, 2.45) is 5.41 Å². The molecule has 3 saturated carbocycles. The van der Waals surface area contributed by atoms with Crippen molar-refractivity contribution >= 4 is 34.8 Å². The number of aromatic nitrogens is 1. The highest BCUT2D eigenvalue weighted by Crippen LogP contribution is 2.58. The maximum Gasteiger partial charge on any atom is 0.262 e. The summed E-state index contributed by atoms with van der Waals surface area (Å²) < 4.78 is 11.0. The summed E-state index contributed by atoms with van der Waals surface area (Å²) in [6, 6.07) is 13.7. The van der Waals surface area contributed by atoms with E-state index in [1.165, 1.54) is 11.1 Å². The first-order valence-corrected chi connectivity index (χ1v) is 13.4. The number of hydrogen-bond acceptors (Lipinski definition) is 4. The molecule has 6 rings (SSSR count). The summed E-state index contributed by atoms with van der Waals surface area (Å²) in [5.41, 5.74) is 3.99. The quantitative estimate of drug-likeness (QED) is 0.310. The van der Waals surface area contributed by atoms with Crippen LogP contribution in [0.25, 0.3) is 0 Å². The molecule has 0 N–H and O–H groups in total. The fourth-order valence-corrected chi connectivity index (χ4v) is 6.83. The first-order chi connectivity index (χ1) is 17.8. The third-order valence-corrected chi connectivity index (χ3v) is 8.98. The van der Waals surface area contributed by atoms with Crippen LogP contribution >= 0.6 is 23.2 Å². The molecule has 5 nitrogen and oxygen atoms in total. The average Bonchev–Trinajstić information content (AvgIpc) is 2.92. The van der Waals surface area contributed by atoms with E-state index in [0.717, 1.165) is 44.3 Å². The number of hydrogen-bond donors (Lipinski definition) is 0. The second-order valence-corrected chi connectivity index (χ2v) is 11.4. The smallest absolute Gasteiger partial charge is 0.262 e. The minimum Gasteiger partial charge on any atom is -0.496 e. The monoisotopic (exact) mass is 538 g/mol. The van der Waals surface area contributed by atoms with E-state index < -0.39 is 0 Å². The maximum absolute atomic E-state index is 14.0. The Morgan fingerprint density at radius 3 is 2.16 bits per heavy atom. The lowest BCUT2D eigenvalue weighted by molar-refractivity contribution is 0.0441. The van der Waals surface area contributed by atoms with Crippen molar-refractivity contribution in [3.05, 3.63) is 81.6 Å². The molecule has 3 aromatic rings. The Bertz CT molecular complexity index is 1280.